The average molecular weight is 672 g/mol. The summed E-state index contributed by atoms with van der Waals surface area (Å²) >= 11 is 0. The first-order valence-electron chi connectivity index (χ1n) is 14.9. The van der Waals surface area contributed by atoms with Gasteiger partial charge in [0, 0.05) is 0 Å². The second-order valence-electron chi connectivity index (χ2n) is 10.4. The monoisotopic (exact) mass is 671 g/mol. The molecule has 0 fully saturated rings. The second-order valence-corrected chi connectivity index (χ2v) is 10.4. The van der Waals surface area contributed by atoms with E-state index in [4.69, 9.17) is 19.3 Å². The number of rotatable bonds is 14. The van der Waals surface area contributed by atoms with Crippen LogP contribution < -0.4 is 51.9 Å². The molecule has 0 unspecified atom stereocenters. The number of anilines is 5. The molecule has 14 nitrogen and oxygen atoms in total. The van der Waals surface area contributed by atoms with E-state index in [0.717, 1.165) is 5.56 Å². The predicted octanol–water partition coefficient (Wildman–Crippen LogP) is 4.43. The summed E-state index contributed by atoms with van der Waals surface area (Å²) in [5, 5.41) is 27.1. The number of hydrogen-bond acceptors (Lipinski definition) is 12. The topological polar surface area (TPSA) is 207 Å². The Morgan fingerprint density at radius 3 is 1.59 bits per heavy atom. The summed E-state index contributed by atoms with van der Waals surface area (Å²) in [4.78, 5) is 69.7. The molecule has 0 saturated heterocycles. The lowest BCUT2D eigenvalue weighted by molar-refractivity contribution is 0.0682. The summed E-state index contributed by atoms with van der Waals surface area (Å²) in [6.07, 6.45) is 0.708. The quantitative estimate of drug-likeness (QED) is 0.104. The number of methoxy groups -OCH3 is 2. The Labute approximate surface area is 278 Å². The Kier molecular flexibility index (Phi) is 11.2. The third-order valence-electron chi connectivity index (χ3n) is 7.41. The minimum absolute atomic E-state index is 0.00249. The van der Waals surface area contributed by atoms with Gasteiger partial charge >= 0.3 is 11.9 Å². The van der Waals surface area contributed by atoms with Crippen molar-refractivity contribution in [1.29, 1.82) is 0 Å². The molecule has 0 aliphatic rings. The van der Waals surface area contributed by atoms with Crippen LogP contribution in [-0.2, 0) is 0 Å². The summed E-state index contributed by atoms with van der Waals surface area (Å²) in [5.41, 5.74) is -0.931. The minimum atomic E-state index is -1.16. The molecule has 0 aliphatic heterocycles. The molecule has 5 aromatic rings. The summed E-state index contributed by atoms with van der Waals surface area (Å²) in [6.45, 7) is 3.90. The number of carboxylic acids is 2. The molecule has 0 spiro atoms. The van der Waals surface area contributed by atoms with Gasteiger partial charge in [-0.25, -0.2) is 9.59 Å². The molecule has 5 rings (SSSR count). The summed E-state index contributed by atoms with van der Waals surface area (Å²) < 4.78 is 15.3. The van der Waals surface area contributed by atoms with E-state index in [-0.39, 0.29) is 63.8 Å². The number of aromatic carboxylic acids is 2. The third kappa shape index (κ3) is 7.27. The van der Waals surface area contributed by atoms with E-state index in [1.807, 2.05) is 37.3 Å². The number of carboxylic acid groups (broad SMARTS) is 2. The number of ether oxygens (including phenoxy) is 3. The molecule has 0 aromatic heterocycles. The maximum Gasteiger partial charge on any atom is 0.339 e. The summed E-state index contributed by atoms with van der Waals surface area (Å²) in [5.74, 6) is -2.21. The fraction of sp³-hybridized carbons (Fsp3) is 0.200. The minimum Gasteiger partial charge on any atom is -0.494 e. The van der Waals surface area contributed by atoms with Crippen molar-refractivity contribution in [3.05, 3.63) is 124 Å². The smallest absolute Gasteiger partial charge is 0.339 e. The van der Waals surface area contributed by atoms with Crippen molar-refractivity contribution in [2.45, 2.75) is 26.3 Å². The number of carbonyl (C=O) groups is 2. The summed E-state index contributed by atoms with van der Waals surface area (Å²) in [6, 6.07) is 18.4. The van der Waals surface area contributed by atoms with Crippen LogP contribution in [-0.4, -0.2) is 43.0 Å². The van der Waals surface area contributed by atoms with E-state index in [2.05, 4.69) is 16.0 Å². The Morgan fingerprint density at radius 2 is 1.12 bits per heavy atom. The van der Waals surface area contributed by atoms with Gasteiger partial charge in [0.25, 0.3) is 21.7 Å². The van der Waals surface area contributed by atoms with E-state index in [0.29, 0.717) is 12.1 Å². The number of para-hydroxylation sites is 2. The number of nitrogens with one attached hydrogen (secondary N) is 3. The fourth-order valence-corrected chi connectivity index (χ4v) is 5.01. The zero-order chi connectivity index (χ0) is 35.8. The molecule has 254 valence electrons. The van der Waals surface area contributed by atoms with Crippen LogP contribution in [0.2, 0.25) is 0 Å². The van der Waals surface area contributed by atoms with Crippen LogP contribution in [0, 0.1) is 0 Å². The molecule has 0 amide bonds. The van der Waals surface area contributed by atoms with E-state index >= 15 is 0 Å². The molecule has 5 aromatic carbocycles. The van der Waals surface area contributed by atoms with Gasteiger partial charge in [-0.05, 0) is 43.2 Å². The molecular formula is C35H33N3O11. The van der Waals surface area contributed by atoms with Crippen LogP contribution in [0.1, 0.15) is 52.6 Å². The first-order chi connectivity index (χ1) is 23.5. The fourth-order valence-electron chi connectivity index (χ4n) is 5.01. The molecule has 49 heavy (non-hydrogen) atoms. The van der Waals surface area contributed by atoms with E-state index in [1.165, 1.54) is 44.6 Å². The standard InChI is InChI=1S/C21H20N2O5.C14H13NO6/c1-3-14(12-8-5-4-6-9-12)22-16-17(19(25)18(16)24)23-15-11-7-10-13(21(26)27)20(15)28-2;1-3-21-13-9(10(16)11(13)17)15-8-6-4-5-7(14(18)19)12(8)20-2/h4-11,14,22-23H,3H2,1-2H3,(H,26,27);4-6,15H,3H2,1-2H3,(H,18,19)/t14-;/m1./s1. The van der Waals surface area contributed by atoms with Gasteiger partial charge in [-0.3, -0.25) is 19.2 Å². The largest absolute Gasteiger partial charge is 0.494 e. The van der Waals surface area contributed by atoms with E-state index in [1.54, 1.807) is 13.0 Å². The van der Waals surface area contributed by atoms with Gasteiger partial charge in [-0.1, -0.05) is 49.4 Å². The van der Waals surface area contributed by atoms with E-state index < -0.39 is 33.7 Å². The van der Waals surface area contributed by atoms with Crippen LogP contribution >= 0.6 is 0 Å². The first-order valence-corrected chi connectivity index (χ1v) is 14.9. The van der Waals surface area contributed by atoms with Crippen LogP contribution in [0.5, 0.6) is 17.2 Å². The van der Waals surface area contributed by atoms with Crippen LogP contribution in [0.15, 0.2) is 85.9 Å². The van der Waals surface area contributed by atoms with Gasteiger partial charge in [0.1, 0.15) is 28.2 Å². The lowest BCUT2D eigenvalue weighted by Gasteiger charge is -2.22. The molecule has 0 aliphatic carbocycles. The van der Waals surface area contributed by atoms with Crippen LogP contribution in [0.4, 0.5) is 28.4 Å². The SMILES string of the molecule is CCOc1c(Nc2cccc(C(=O)O)c2OC)c(=O)c1=O.CC[C@@H](Nc1c(Nc2cccc(C(=O)O)c2OC)c(=O)c1=O)c1ccccc1. The van der Waals surface area contributed by atoms with E-state index in [9.17, 15) is 33.9 Å². The summed E-state index contributed by atoms with van der Waals surface area (Å²) in [7, 11) is 2.66. The highest BCUT2D eigenvalue weighted by molar-refractivity contribution is 5.95. The highest BCUT2D eigenvalue weighted by atomic mass is 16.5. The number of hydrogen-bond donors (Lipinski definition) is 5. The lowest BCUT2D eigenvalue weighted by atomic mass is 10.0. The highest BCUT2D eigenvalue weighted by Gasteiger charge is 2.26. The van der Waals surface area contributed by atoms with Gasteiger partial charge in [0.05, 0.1) is 38.2 Å². The van der Waals surface area contributed by atoms with Crippen LogP contribution in [0.3, 0.4) is 0 Å². The van der Waals surface area contributed by atoms with Gasteiger partial charge < -0.3 is 40.4 Å². The molecule has 0 heterocycles. The normalized spacial score (nSPS) is 11.2. The zero-order valence-corrected chi connectivity index (χ0v) is 26.9. The van der Waals surface area contributed by atoms with Crippen molar-refractivity contribution in [2.24, 2.45) is 0 Å². The molecule has 0 bridgehead atoms. The Hall–Kier alpha value is -6.44. The van der Waals surface area contributed by atoms with Crippen molar-refractivity contribution in [1.82, 2.24) is 0 Å². The average Bonchev–Trinajstić information content (AvgIpc) is 3.12. The van der Waals surface area contributed by atoms with Gasteiger partial charge in [-0.15, -0.1) is 0 Å². The molecule has 1 atom stereocenters. The second kappa shape index (κ2) is 15.4. The molecule has 14 heteroatoms. The molecule has 5 N–H and O–H groups in total. The zero-order valence-electron chi connectivity index (χ0n) is 26.9. The highest BCUT2D eigenvalue weighted by Crippen LogP contribution is 2.34. The van der Waals surface area contributed by atoms with Crippen molar-refractivity contribution in [2.75, 3.05) is 36.8 Å². The predicted molar refractivity (Wildman–Crippen MR) is 183 cm³/mol. The van der Waals surface area contributed by atoms with Gasteiger partial charge in [-0.2, -0.15) is 0 Å². The third-order valence-corrected chi connectivity index (χ3v) is 7.41. The van der Waals surface area contributed by atoms with Gasteiger partial charge in [0.15, 0.2) is 17.2 Å². The van der Waals surface area contributed by atoms with Crippen molar-refractivity contribution >= 4 is 40.4 Å². The molecular weight excluding hydrogens is 638 g/mol. The van der Waals surface area contributed by atoms with Crippen molar-refractivity contribution < 1.29 is 34.0 Å². The van der Waals surface area contributed by atoms with Gasteiger partial charge in [0.2, 0.25) is 0 Å². The Morgan fingerprint density at radius 1 is 0.633 bits per heavy atom. The number of benzene rings is 3. The Bertz CT molecular complexity index is 2130. The first kappa shape index (κ1) is 35.4. The Balaban J connectivity index is 0.000000230. The maximum atomic E-state index is 12.1. The van der Waals surface area contributed by atoms with Crippen molar-refractivity contribution in [3.63, 3.8) is 0 Å². The maximum absolute atomic E-state index is 12.1. The van der Waals surface area contributed by atoms with Crippen molar-refractivity contribution in [3.8, 4) is 17.2 Å². The lowest BCUT2D eigenvalue weighted by Crippen LogP contribution is -2.37. The molecule has 0 saturated carbocycles. The van der Waals surface area contributed by atoms with Crippen LogP contribution in [0.25, 0.3) is 0 Å². The molecule has 0 radical (unpaired) electrons.